The molecule has 25 heavy (non-hydrogen) atoms. The largest absolute Gasteiger partial charge is 0.409 e. The quantitative estimate of drug-likeness (QED) is 0.901. The van der Waals surface area contributed by atoms with Crippen LogP contribution >= 0.6 is 0 Å². The van der Waals surface area contributed by atoms with Gasteiger partial charge in [-0.3, -0.25) is 10.2 Å². The molecular weight excluding hydrogens is 331 g/mol. The van der Waals surface area contributed by atoms with Crippen molar-refractivity contribution in [3.8, 4) is 6.07 Å². The molecule has 2 aromatic carbocycles. The second-order valence-corrected chi connectivity index (χ2v) is 6.76. The lowest BCUT2D eigenvalue weighted by Crippen LogP contribution is -2.44. The Bertz CT molecular complexity index is 883. The van der Waals surface area contributed by atoms with Crippen LogP contribution in [0.2, 0.25) is 0 Å². The summed E-state index contributed by atoms with van der Waals surface area (Å²) in [4.78, 5) is 12.0. The Kier molecular flexibility index (Phi) is 3.96. The summed E-state index contributed by atoms with van der Waals surface area (Å²) >= 11 is 0. The molecule has 0 saturated carbocycles. The van der Waals surface area contributed by atoms with Crippen LogP contribution in [-0.2, 0) is 4.79 Å². The summed E-state index contributed by atoms with van der Waals surface area (Å²) in [6, 6.07) is 9.50. The first-order chi connectivity index (χ1) is 11.6. The first-order valence-electron chi connectivity index (χ1n) is 7.71. The number of carbonyl (C=O) groups excluding carboxylic acids is 1. The lowest BCUT2D eigenvalue weighted by molar-refractivity contribution is -0.191. The number of alkyl halides is 3. The fraction of sp³-hybridized carbons (Fsp3) is 0.333. The molecule has 0 bridgehead atoms. The fourth-order valence-corrected chi connectivity index (χ4v) is 3.14. The van der Waals surface area contributed by atoms with Crippen molar-refractivity contribution >= 4 is 16.7 Å². The molecule has 3 rings (SSSR count). The zero-order valence-corrected chi connectivity index (χ0v) is 13.7. The number of benzene rings is 2. The van der Waals surface area contributed by atoms with E-state index in [2.05, 4.69) is 5.43 Å². The van der Waals surface area contributed by atoms with Gasteiger partial charge < -0.3 is 0 Å². The Morgan fingerprint density at radius 2 is 1.92 bits per heavy atom. The van der Waals surface area contributed by atoms with Crippen LogP contribution in [-0.4, -0.2) is 23.6 Å². The van der Waals surface area contributed by atoms with Gasteiger partial charge in [-0.1, -0.05) is 36.4 Å². The summed E-state index contributed by atoms with van der Waals surface area (Å²) in [7, 11) is 0. The molecule has 1 aliphatic rings. The van der Waals surface area contributed by atoms with E-state index >= 15 is 0 Å². The van der Waals surface area contributed by atoms with Crippen LogP contribution in [0.1, 0.15) is 31.0 Å². The number of carbonyl (C=O) groups is 1. The molecule has 0 spiro atoms. The Hall–Kier alpha value is -2.59. The van der Waals surface area contributed by atoms with Gasteiger partial charge in [-0.2, -0.15) is 18.4 Å². The maximum absolute atomic E-state index is 13.9. The van der Waals surface area contributed by atoms with Crippen LogP contribution in [0.4, 0.5) is 13.2 Å². The molecule has 0 aliphatic carbocycles. The maximum Gasteiger partial charge on any atom is 0.409 e. The van der Waals surface area contributed by atoms with Gasteiger partial charge in [0.15, 0.2) is 6.04 Å². The number of halogens is 3. The highest BCUT2D eigenvalue weighted by molar-refractivity contribution is 5.89. The van der Waals surface area contributed by atoms with E-state index in [1.165, 1.54) is 6.07 Å². The summed E-state index contributed by atoms with van der Waals surface area (Å²) in [6.07, 6.45) is -4.65. The molecule has 1 amide bonds. The van der Waals surface area contributed by atoms with Gasteiger partial charge in [0, 0.05) is 6.54 Å². The molecule has 0 radical (unpaired) electrons. The van der Waals surface area contributed by atoms with Crippen molar-refractivity contribution in [1.29, 1.82) is 5.26 Å². The van der Waals surface area contributed by atoms with Crippen molar-refractivity contribution in [2.75, 3.05) is 6.54 Å². The molecule has 7 heteroatoms. The summed E-state index contributed by atoms with van der Waals surface area (Å²) in [5, 5.41) is 11.5. The second kappa shape index (κ2) is 5.74. The van der Waals surface area contributed by atoms with E-state index in [4.69, 9.17) is 0 Å². The molecule has 2 aromatic rings. The van der Waals surface area contributed by atoms with E-state index in [1.807, 2.05) is 6.07 Å². The van der Waals surface area contributed by atoms with Gasteiger partial charge in [-0.15, -0.1) is 0 Å². The standard InChI is InChI=1S/C18H16F3N3O/c1-17(2)10-24(23-16(17)25)15(18(19,20)21)13-8-7-11-5-3-4-6-12(11)14(13)9-22/h3-8,15H,10H2,1-2H3,(H,23,25)/t15-/m0/s1. The van der Waals surface area contributed by atoms with E-state index in [0.29, 0.717) is 10.8 Å². The second-order valence-electron chi connectivity index (χ2n) is 6.76. The predicted molar refractivity (Wildman–Crippen MR) is 86.1 cm³/mol. The molecular formula is C18H16F3N3O. The fourth-order valence-electron chi connectivity index (χ4n) is 3.14. The molecule has 1 saturated heterocycles. The number of hydrazine groups is 1. The van der Waals surface area contributed by atoms with Crippen molar-refractivity contribution in [2.45, 2.75) is 26.1 Å². The smallest absolute Gasteiger partial charge is 0.287 e. The molecule has 1 atom stereocenters. The average Bonchev–Trinajstić information content (AvgIpc) is 2.78. The molecule has 1 N–H and O–H groups in total. The minimum absolute atomic E-state index is 0.0284. The van der Waals surface area contributed by atoms with Crippen molar-refractivity contribution < 1.29 is 18.0 Å². The van der Waals surface area contributed by atoms with Crippen LogP contribution in [0.15, 0.2) is 36.4 Å². The molecule has 0 aromatic heterocycles. The zero-order chi connectivity index (χ0) is 18.4. The lowest BCUT2D eigenvalue weighted by Gasteiger charge is -2.30. The number of nitrogens with one attached hydrogen (secondary N) is 1. The molecule has 1 heterocycles. The summed E-state index contributed by atoms with van der Waals surface area (Å²) in [5.41, 5.74) is 1.19. The monoisotopic (exact) mass is 347 g/mol. The van der Waals surface area contributed by atoms with E-state index in [-0.39, 0.29) is 17.7 Å². The third-order valence-corrected chi connectivity index (χ3v) is 4.41. The minimum atomic E-state index is -4.65. The number of nitriles is 1. The first kappa shape index (κ1) is 17.2. The van der Waals surface area contributed by atoms with E-state index < -0.39 is 23.5 Å². The molecule has 130 valence electrons. The van der Waals surface area contributed by atoms with E-state index in [0.717, 1.165) is 5.01 Å². The van der Waals surface area contributed by atoms with Gasteiger partial charge >= 0.3 is 6.18 Å². The summed E-state index contributed by atoms with van der Waals surface area (Å²) < 4.78 is 41.6. The van der Waals surface area contributed by atoms with Gasteiger partial charge in [0.05, 0.1) is 11.0 Å². The average molecular weight is 347 g/mol. The Morgan fingerprint density at radius 1 is 1.24 bits per heavy atom. The number of nitrogens with zero attached hydrogens (tertiary/aromatic N) is 2. The van der Waals surface area contributed by atoms with Crippen molar-refractivity contribution in [2.24, 2.45) is 5.41 Å². The number of hydrogen-bond acceptors (Lipinski definition) is 3. The first-order valence-corrected chi connectivity index (χ1v) is 7.71. The van der Waals surface area contributed by atoms with E-state index in [9.17, 15) is 23.2 Å². The molecule has 1 aliphatic heterocycles. The molecule has 0 unspecified atom stereocenters. The van der Waals surface area contributed by atoms with Crippen LogP contribution in [0, 0.1) is 16.7 Å². The summed E-state index contributed by atoms with van der Waals surface area (Å²) in [5.74, 6) is -0.471. The topological polar surface area (TPSA) is 56.1 Å². The zero-order valence-electron chi connectivity index (χ0n) is 13.7. The third-order valence-electron chi connectivity index (χ3n) is 4.41. The normalized spacial score (nSPS) is 18.8. The van der Waals surface area contributed by atoms with Crippen molar-refractivity contribution in [1.82, 2.24) is 10.4 Å². The van der Waals surface area contributed by atoms with Gasteiger partial charge in [-0.25, -0.2) is 5.01 Å². The minimum Gasteiger partial charge on any atom is -0.287 e. The SMILES string of the molecule is CC1(C)CN([C@@H](c2ccc3ccccc3c2C#N)C(F)(F)F)NC1=O. The van der Waals surface area contributed by atoms with E-state index in [1.54, 1.807) is 44.2 Å². The Labute approximate surface area is 142 Å². The van der Waals surface area contributed by atoms with Crippen molar-refractivity contribution in [3.63, 3.8) is 0 Å². The highest BCUT2D eigenvalue weighted by Crippen LogP contribution is 2.42. The summed E-state index contributed by atoms with van der Waals surface area (Å²) in [6.45, 7) is 3.07. The van der Waals surface area contributed by atoms with Crippen molar-refractivity contribution in [3.05, 3.63) is 47.5 Å². The number of hydrogen-bond donors (Lipinski definition) is 1. The molecule has 1 fully saturated rings. The molecule has 4 nitrogen and oxygen atoms in total. The number of fused-ring (bicyclic) bond motifs is 1. The third kappa shape index (κ3) is 2.94. The van der Waals surface area contributed by atoms with Crippen LogP contribution < -0.4 is 5.43 Å². The highest BCUT2D eigenvalue weighted by atomic mass is 19.4. The van der Waals surface area contributed by atoms with Crippen LogP contribution in [0.5, 0.6) is 0 Å². The van der Waals surface area contributed by atoms with Gasteiger partial charge in [0.2, 0.25) is 5.91 Å². The number of rotatable bonds is 2. The lowest BCUT2D eigenvalue weighted by atomic mass is 9.92. The predicted octanol–water partition coefficient (Wildman–Crippen LogP) is 3.69. The maximum atomic E-state index is 13.9. The van der Waals surface area contributed by atoms with Crippen LogP contribution in [0.25, 0.3) is 10.8 Å². The van der Waals surface area contributed by atoms with Gasteiger partial charge in [0.25, 0.3) is 0 Å². The highest BCUT2D eigenvalue weighted by Gasteiger charge is 2.51. The van der Waals surface area contributed by atoms with Crippen LogP contribution in [0.3, 0.4) is 0 Å². The Balaban J connectivity index is 2.18. The number of amides is 1. The van der Waals surface area contributed by atoms with Gasteiger partial charge in [0.1, 0.15) is 6.07 Å². The Morgan fingerprint density at radius 3 is 2.48 bits per heavy atom. The van der Waals surface area contributed by atoms with Gasteiger partial charge in [-0.05, 0) is 30.2 Å².